The molecule has 1 heterocycles. The lowest BCUT2D eigenvalue weighted by molar-refractivity contribution is -0.383. The maximum Gasteiger partial charge on any atom is 0.306 e. The molecule has 8 nitrogen and oxygen atoms in total. The SMILES string of the molecule is CC(C)CCCCNS(=O)(=O)c1cc([N+](=O)[O-])c(NN)s1. The van der Waals surface area contributed by atoms with Crippen LogP contribution in [0.4, 0.5) is 10.7 Å². The Bertz CT molecular complexity index is 583. The summed E-state index contributed by atoms with van der Waals surface area (Å²) in [5.74, 6) is 5.74. The minimum Gasteiger partial charge on any atom is -0.310 e. The monoisotopic (exact) mass is 336 g/mol. The van der Waals surface area contributed by atoms with E-state index in [0.717, 1.165) is 36.7 Å². The van der Waals surface area contributed by atoms with Gasteiger partial charge >= 0.3 is 5.69 Å². The quantitative estimate of drug-likeness (QED) is 0.274. The van der Waals surface area contributed by atoms with Crippen molar-refractivity contribution in [1.29, 1.82) is 0 Å². The van der Waals surface area contributed by atoms with Crippen LogP contribution >= 0.6 is 11.3 Å². The number of sulfonamides is 1. The van der Waals surface area contributed by atoms with Gasteiger partial charge in [-0.1, -0.05) is 38.0 Å². The molecule has 0 atom stereocenters. The number of nitro groups is 1. The first-order chi connectivity index (χ1) is 9.77. The van der Waals surface area contributed by atoms with Crippen LogP contribution in [0, 0.1) is 16.0 Å². The fraction of sp³-hybridized carbons (Fsp3) is 0.636. The molecule has 0 amide bonds. The number of anilines is 1. The van der Waals surface area contributed by atoms with E-state index >= 15 is 0 Å². The van der Waals surface area contributed by atoms with Gasteiger partial charge in [-0.15, -0.1) is 0 Å². The van der Waals surface area contributed by atoms with Crippen LogP contribution < -0.4 is 16.0 Å². The van der Waals surface area contributed by atoms with Gasteiger partial charge in [-0.25, -0.2) is 19.0 Å². The Labute approximate surface area is 127 Å². The normalized spacial score (nSPS) is 11.8. The molecule has 0 aromatic carbocycles. The summed E-state index contributed by atoms with van der Waals surface area (Å²) >= 11 is 0.735. The van der Waals surface area contributed by atoms with E-state index in [1.807, 2.05) is 0 Å². The summed E-state index contributed by atoms with van der Waals surface area (Å²) in [4.78, 5) is 10.1. The summed E-state index contributed by atoms with van der Waals surface area (Å²) in [6.45, 7) is 4.53. The van der Waals surface area contributed by atoms with E-state index < -0.39 is 14.9 Å². The Morgan fingerprint density at radius 2 is 2.10 bits per heavy atom. The summed E-state index contributed by atoms with van der Waals surface area (Å²) in [5, 5.41) is 10.8. The second-order valence-corrected chi connectivity index (χ2v) is 8.01. The number of rotatable bonds is 9. The highest BCUT2D eigenvalue weighted by molar-refractivity contribution is 7.91. The number of hydrazine groups is 1. The lowest BCUT2D eigenvalue weighted by atomic mass is 10.1. The number of nitrogens with two attached hydrogens (primary N) is 1. The van der Waals surface area contributed by atoms with Crippen molar-refractivity contribution in [2.24, 2.45) is 11.8 Å². The zero-order valence-electron chi connectivity index (χ0n) is 12.0. The van der Waals surface area contributed by atoms with E-state index in [0.29, 0.717) is 12.5 Å². The summed E-state index contributed by atoms with van der Waals surface area (Å²) in [7, 11) is -3.74. The van der Waals surface area contributed by atoms with Crippen molar-refractivity contribution in [3.05, 3.63) is 16.2 Å². The number of nitrogen functional groups attached to an aromatic ring is 1. The molecule has 1 aromatic rings. The molecule has 0 radical (unpaired) electrons. The zero-order chi connectivity index (χ0) is 16.0. The summed E-state index contributed by atoms with van der Waals surface area (Å²) < 4.78 is 26.4. The summed E-state index contributed by atoms with van der Waals surface area (Å²) in [6.07, 6.45) is 2.70. The molecule has 0 fully saturated rings. The summed E-state index contributed by atoms with van der Waals surface area (Å²) in [5.41, 5.74) is 1.80. The highest BCUT2D eigenvalue weighted by Gasteiger charge is 2.25. The topological polar surface area (TPSA) is 127 Å². The van der Waals surface area contributed by atoms with Gasteiger partial charge in [0.05, 0.1) is 4.92 Å². The van der Waals surface area contributed by atoms with Crippen LogP contribution in [0.15, 0.2) is 10.3 Å². The van der Waals surface area contributed by atoms with Crippen molar-refractivity contribution < 1.29 is 13.3 Å². The molecule has 0 aliphatic carbocycles. The Hall–Kier alpha value is -1.23. The van der Waals surface area contributed by atoms with E-state index in [4.69, 9.17) is 5.84 Å². The Balaban J connectivity index is 2.68. The van der Waals surface area contributed by atoms with Crippen LogP contribution in [0.5, 0.6) is 0 Å². The van der Waals surface area contributed by atoms with Crippen LogP contribution in [0.1, 0.15) is 33.1 Å². The van der Waals surface area contributed by atoms with Crippen molar-refractivity contribution in [2.45, 2.75) is 37.3 Å². The van der Waals surface area contributed by atoms with Crippen molar-refractivity contribution in [3.63, 3.8) is 0 Å². The van der Waals surface area contributed by atoms with Gasteiger partial charge in [-0.3, -0.25) is 10.1 Å². The van der Waals surface area contributed by atoms with Crippen LogP contribution in [0.2, 0.25) is 0 Å². The van der Waals surface area contributed by atoms with Gasteiger partial charge in [0.15, 0.2) is 5.00 Å². The number of nitrogens with one attached hydrogen (secondary N) is 2. The molecule has 0 aliphatic heterocycles. The first-order valence-corrected chi connectivity index (χ1v) is 8.82. The smallest absolute Gasteiger partial charge is 0.306 e. The molecule has 0 saturated carbocycles. The molecule has 10 heteroatoms. The molecule has 0 aliphatic rings. The van der Waals surface area contributed by atoms with Crippen molar-refractivity contribution >= 4 is 32.0 Å². The average Bonchev–Trinajstić information content (AvgIpc) is 2.82. The molecule has 1 rings (SSSR count). The van der Waals surface area contributed by atoms with E-state index in [-0.39, 0.29) is 14.9 Å². The Kier molecular flexibility index (Phi) is 6.52. The van der Waals surface area contributed by atoms with Crippen LogP contribution in [0.25, 0.3) is 0 Å². The first kappa shape index (κ1) is 17.8. The van der Waals surface area contributed by atoms with Gasteiger partial charge in [0.25, 0.3) is 0 Å². The van der Waals surface area contributed by atoms with Gasteiger partial charge in [0.1, 0.15) is 4.21 Å². The minimum absolute atomic E-state index is 0.0141. The number of hydrogen-bond acceptors (Lipinski definition) is 7. The van der Waals surface area contributed by atoms with Crippen LogP contribution in [-0.4, -0.2) is 19.9 Å². The standard InChI is InChI=1S/C11H20N4O4S2/c1-8(2)5-3-4-6-13-21(18,19)10-7-9(15(16)17)11(14-12)20-10/h7-8,13-14H,3-6,12H2,1-2H3. The number of nitrogens with zero attached hydrogens (tertiary/aromatic N) is 1. The predicted molar refractivity (Wildman–Crippen MR) is 82.7 cm³/mol. The molecule has 1 aromatic heterocycles. The third kappa shape index (κ3) is 5.23. The third-order valence-corrected chi connectivity index (χ3v) is 5.77. The molecular weight excluding hydrogens is 316 g/mol. The number of unbranched alkanes of at least 4 members (excludes halogenated alkanes) is 1. The van der Waals surface area contributed by atoms with E-state index in [1.165, 1.54) is 0 Å². The highest BCUT2D eigenvalue weighted by Crippen LogP contribution is 2.36. The molecule has 0 spiro atoms. The van der Waals surface area contributed by atoms with Crippen LogP contribution in [0.3, 0.4) is 0 Å². The van der Waals surface area contributed by atoms with E-state index in [9.17, 15) is 18.5 Å². The van der Waals surface area contributed by atoms with Gasteiger partial charge in [0.2, 0.25) is 10.0 Å². The van der Waals surface area contributed by atoms with Gasteiger partial charge in [-0.05, 0) is 12.3 Å². The summed E-state index contributed by atoms with van der Waals surface area (Å²) in [6, 6.07) is 1.01. The molecular formula is C11H20N4O4S2. The van der Waals surface area contributed by atoms with Crippen molar-refractivity contribution in [1.82, 2.24) is 4.72 Å². The zero-order valence-corrected chi connectivity index (χ0v) is 13.6. The van der Waals surface area contributed by atoms with Crippen molar-refractivity contribution in [3.8, 4) is 0 Å². The second kappa shape index (κ2) is 7.69. The first-order valence-electron chi connectivity index (χ1n) is 6.52. The van der Waals surface area contributed by atoms with Gasteiger partial charge < -0.3 is 5.43 Å². The lowest BCUT2D eigenvalue weighted by Crippen LogP contribution is -2.24. The molecule has 0 unspecified atom stereocenters. The van der Waals surface area contributed by atoms with Crippen molar-refractivity contribution in [2.75, 3.05) is 12.0 Å². The predicted octanol–water partition coefficient (Wildman–Crippen LogP) is 2.05. The molecule has 21 heavy (non-hydrogen) atoms. The molecule has 120 valence electrons. The number of thiophene rings is 1. The third-order valence-electron chi connectivity index (χ3n) is 2.78. The second-order valence-electron chi connectivity index (χ2n) is 4.97. The molecule has 0 saturated heterocycles. The molecule has 0 bridgehead atoms. The lowest BCUT2D eigenvalue weighted by Gasteiger charge is -2.06. The molecule has 4 N–H and O–H groups in total. The minimum atomic E-state index is -3.74. The fourth-order valence-electron chi connectivity index (χ4n) is 1.69. The largest absolute Gasteiger partial charge is 0.310 e. The fourth-order valence-corrected chi connectivity index (χ4v) is 4.04. The maximum atomic E-state index is 12.0. The van der Waals surface area contributed by atoms with Gasteiger partial charge in [0, 0.05) is 12.6 Å². The van der Waals surface area contributed by atoms with E-state index in [2.05, 4.69) is 24.0 Å². The Morgan fingerprint density at radius 1 is 1.43 bits per heavy atom. The Morgan fingerprint density at radius 3 is 2.57 bits per heavy atom. The highest BCUT2D eigenvalue weighted by atomic mass is 32.2. The number of hydrogen-bond donors (Lipinski definition) is 3. The average molecular weight is 336 g/mol. The van der Waals surface area contributed by atoms with E-state index in [1.54, 1.807) is 0 Å². The van der Waals surface area contributed by atoms with Gasteiger partial charge in [-0.2, -0.15) is 0 Å². The maximum absolute atomic E-state index is 12.0. The van der Waals surface area contributed by atoms with Crippen LogP contribution in [-0.2, 0) is 10.0 Å².